The summed E-state index contributed by atoms with van der Waals surface area (Å²) in [5.74, 6) is 2.69. The molecule has 23 heavy (non-hydrogen) atoms. The number of aromatic nitrogens is 1. The number of methoxy groups -OCH3 is 2. The second-order valence-corrected chi connectivity index (χ2v) is 5.99. The van der Waals surface area contributed by atoms with Gasteiger partial charge in [0, 0.05) is 23.3 Å². The Morgan fingerprint density at radius 3 is 2.35 bits per heavy atom. The lowest BCUT2D eigenvalue weighted by molar-refractivity contribution is 0.355. The zero-order chi connectivity index (χ0) is 16.4. The summed E-state index contributed by atoms with van der Waals surface area (Å²) in [5.41, 5.74) is 7.25. The van der Waals surface area contributed by atoms with Crippen LogP contribution in [0, 0.1) is 3.57 Å². The fourth-order valence-corrected chi connectivity index (χ4v) is 2.90. The Kier molecular flexibility index (Phi) is 4.42. The molecule has 3 aromatic rings. The first-order valence-corrected chi connectivity index (χ1v) is 7.94. The van der Waals surface area contributed by atoms with E-state index in [9.17, 15) is 0 Å². The second kappa shape index (κ2) is 6.49. The predicted octanol–water partition coefficient (Wildman–Crippen LogP) is 4.23. The van der Waals surface area contributed by atoms with Gasteiger partial charge in [0.05, 0.1) is 23.3 Å². The van der Waals surface area contributed by atoms with E-state index < -0.39 is 0 Å². The third-order valence-corrected chi connectivity index (χ3v) is 4.23. The van der Waals surface area contributed by atoms with Gasteiger partial charge in [-0.05, 0) is 52.9 Å². The van der Waals surface area contributed by atoms with Crippen molar-refractivity contribution in [3.05, 3.63) is 46.2 Å². The number of nitrogen functional groups attached to an aromatic ring is 1. The number of hydrogen-bond donors (Lipinski definition) is 1. The largest absolute Gasteiger partial charge is 0.493 e. The summed E-state index contributed by atoms with van der Waals surface area (Å²) in [5, 5.41) is 0.845. The number of anilines is 1. The molecule has 1 aromatic heterocycles. The maximum absolute atomic E-state index is 6.05. The van der Waals surface area contributed by atoms with Crippen molar-refractivity contribution in [3.8, 4) is 23.0 Å². The van der Waals surface area contributed by atoms with Crippen LogP contribution in [0.4, 0.5) is 5.69 Å². The average molecular weight is 422 g/mol. The highest BCUT2D eigenvalue weighted by atomic mass is 127. The molecular formula is C17H15IN2O3. The van der Waals surface area contributed by atoms with E-state index in [4.69, 9.17) is 19.9 Å². The fourth-order valence-electron chi connectivity index (χ4n) is 2.25. The van der Waals surface area contributed by atoms with E-state index in [1.165, 1.54) is 0 Å². The van der Waals surface area contributed by atoms with Crippen molar-refractivity contribution >= 4 is 39.2 Å². The van der Waals surface area contributed by atoms with Crippen molar-refractivity contribution in [3.63, 3.8) is 0 Å². The van der Waals surface area contributed by atoms with Gasteiger partial charge in [-0.3, -0.25) is 4.98 Å². The maximum atomic E-state index is 6.05. The Bertz CT molecular complexity index is 868. The summed E-state index contributed by atoms with van der Waals surface area (Å²) in [6.07, 6.45) is 1.70. The quantitative estimate of drug-likeness (QED) is 0.504. The van der Waals surface area contributed by atoms with Crippen molar-refractivity contribution in [1.29, 1.82) is 0 Å². The van der Waals surface area contributed by atoms with E-state index in [1.807, 2.05) is 36.4 Å². The van der Waals surface area contributed by atoms with Crippen LogP contribution >= 0.6 is 22.6 Å². The van der Waals surface area contributed by atoms with Crippen LogP contribution in [0.25, 0.3) is 10.9 Å². The Morgan fingerprint density at radius 1 is 0.913 bits per heavy atom. The molecule has 0 radical (unpaired) electrons. The van der Waals surface area contributed by atoms with Crippen LogP contribution in [0.1, 0.15) is 0 Å². The van der Waals surface area contributed by atoms with Crippen molar-refractivity contribution in [2.75, 3.05) is 20.0 Å². The van der Waals surface area contributed by atoms with Gasteiger partial charge in [0.25, 0.3) is 0 Å². The second-order valence-electron chi connectivity index (χ2n) is 4.83. The molecule has 6 heteroatoms. The molecule has 0 amide bonds. The van der Waals surface area contributed by atoms with E-state index in [1.54, 1.807) is 20.4 Å². The van der Waals surface area contributed by atoms with Crippen LogP contribution in [0.3, 0.4) is 0 Å². The first kappa shape index (κ1) is 15.7. The SMILES string of the molecule is COc1cc2nccc(Oc3ccc(N)cc3I)c2cc1OC. The molecule has 0 atom stereocenters. The molecule has 5 nitrogen and oxygen atoms in total. The van der Waals surface area contributed by atoms with Gasteiger partial charge < -0.3 is 19.9 Å². The third kappa shape index (κ3) is 3.12. The number of hydrogen-bond acceptors (Lipinski definition) is 5. The minimum absolute atomic E-state index is 0.629. The summed E-state index contributed by atoms with van der Waals surface area (Å²) < 4.78 is 17.7. The van der Waals surface area contributed by atoms with Gasteiger partial charge in [-0.15, -0.1) is 0 Å². The molecule has 0 fully saturated rings. The smallest absolute Gasteiger partial charge is 0.162 e. The van der Waals surface area contributed by atoms with E-state index in [2.05, 4.69) is 27.6 Å². The van der Waals surface area contributed by atoms with E-state index >= 15 is 0 Å². The Morgan fingerprint density at radius 2 is 1.65 bits per heavy atom. The normalized spacial score (nSPS) is 10.6. The van der Waals surface area contributed by atoms with Crippen molar-refractivity contribution < 1.29 is 14.2 Å². The zero-order valence-electron chi connectivity index (χ0n) is 12.7. The van der Waals surface area contributed by atoms with Crippen LogP contribution in [-0.2, 0) is 0 Å². The molecule has 3 rings (SSSR count). The highest BCUT2D eigenvalue weighted by Gasteiger charge is 2.12. The van der Waals surface area contributed by atoms with Gasteiger partial charge in [0.2, 0.25) is 0 Å². The predicted molar refractivity (Wildman–Crippen MR) is 98.5 cm³/mol. The zero-order valence-corrected chi connectivity index (χ0v) is 14.8. The number of fused-ring (bicyclic) bond motifs is 1. The molecule has 118 valence electrons. The maximum Gasteiger partial charge on any atom is 0.162 e. The topological polar surface area (TPSA) is 66.6 Å². The molecule has 0 saturated carbocycles. The Labute approximate surface area is 147 Å². The molecule has 0 unspecified atom stereocenters. The monoisotopic (exact) mass is 422 g/mol. The third-order valence-electron chi connectivity index (χ3n) is 3.38. The minimum Gasteiger partial charge on any atom is -0.493 e. The number of nitrogens with two attached hydrogens (primary N) is 1. The number of halogens is 1. The highest BCUT2D eigenvalue weighted by Crippen LogP contribution is 2.37. The standard InChI is InChI=1S/C17H15IN2O3/c1-21-16-8-11-13(9-17(16)22-2)20-6-5-14(11)23-15-4-3-10(19)7-12(15)18/h3-9H,19H2,1-2H3. The fraction of sp³-hybridized carbons (Fsp3) is 0.118. The number of pyridine rings is 1. The van der Waals surface area contributed by atoms with Crippen LogP contribution in [-0.4, -0.2) is 19.2 Å². The summed E-state index contributed by atoms with van der Waals surface area (Å²) in [7, 11) is 3.20. The molecule has 2 aromatic carbocycles. The van der Waals surface area contributed by atoms with Crippen LogP contribution in [0.2, 0.25) is 0 Å². The lowest BCUT2D eigenvalue weighted by Gasteiger charge is -2.13. The number of rotatable bonds is 4. The molecule has 2 N–H and O–H groups in total. The molecular weight excluding hydrogens is 407 g/mol. The van der Waals surface area contributed by atoms with Gasteiger partial charge in [-0.1, -0.05) is 0 Å². The van der Waals surface area contributed by atoms with Crippen LogP contribution < -0.4 is 19.9 Å². The number of nitrogens with zero attached hydrogens (tertiary/aromatic N) is 1. The van der Waals surface area contributed by atoms with Gasteiger partial charge in [0.1, 0.15) is 11.5 Å². The van der Waals surface area contributed by atoms with E-state index in [0.717, 1.165) is 20.2 Å². The average Bonchev–Trinajstić information content (AvgIpc) is 2.56. The van der Waals surface area contributed by atoms with E-state index in [-0.39, 0.29) is 0 Å². The summed E-state index contributed by atoms with van der Waals surface area (Å²) >= 11 is 2.20. The van der Waals surface area contributed by atoms with Crippen LogP contribution in [0.5, 0.6) is 23.0 Å². The lowest BCUT2D eigenvalue weighted by Crippen LogP contribution is -1.94. The van der Waals surface area contributed by atoms with Crippen LogP contribution in [0.15, 0.2) is 42.6 Å². The number of benzene rings is 2. The first-order chi connectivity index (χ1) is 11.1. The summed E-state index contributed by atoms with van der Waals surface area (Å²) in [4.78, 5) is 4.37. The molecule has 0 aliphatic heterocycles. The van der Waals surface area contributed by atoms with Crippen molar-refractivity contribution in [1.82, 2.24) is 4.98 Å². The molecule has 0 spiro atoms. The summed E-state index contributed by atoms with van der Waals surface area (Å²) in [6, 6.07) is 11.0. The molecule has 1 heterocycles. The van der Waals surface area contributed by atoms with Gasteiger partial charge >= 0.3 is 0 Å². The highest BCUT2D eigenvalue weighted by molar-refractivity contribution is 14.1. The molecule has 0 saturated heterocycles. The van der Waals surface area contributed by atoms with Gasteiger partial charge in [0.15, 0.2) is 11.5 Å². The Balaban J connectivity index is 2.10. The number of ether oxygens (including phenoxy) is 3. The first-order valence-electron chi connectivity index (χ1n) is 6.86. The molecule has 0 aliphatic carbocycles. The molecule has 0 aliphatic rings. The van der Waals surface area contributed by atoms with Crippen molar-refractivity contribution in [2.24, 2.45) is 0 Å². The van der Waals surface area contributed by atoms with Crippen molar-refractivity contribution in [2.45, 2.75) is 0 Å². The molecule has 0 bridgehead atoms. The summed E-state index contributed by atoms with van der Waals surface area (Å²) in [6.45, 7) is 0. The van der Waals surface area contributed by atoms with E-state index in [0.29, 0.717) is 22.9 Å². The minimum atomic E-state index is 0.629. The lowest BCUT2D eigenvalue weighted by atomic mass is 10.2. The van der Waals surface area contributed by atoms with Gasteiger partial charge in [-0.25, -0.2) is 0 Å². The van der Waals surface area contributed by atoms with Gasteiger partial charge in [-0.2, -0.15) is 0 Å². The Hall–Kier alpha value is -2.22.